The first kappa shape index (κ1) is 14.0. The van der Waals surface area contributed by atoms with Crippen LogP contribution in [0.3, 0.4) is 0 Å². The van der Waals surface area contributed by atoms with E-state index in [4.69, 9.17) is 17.3 Å². The van der Waals surface area contributed by atoms with Crippen molar-refractivity contribution < 1.29 is 8.78 Å². The second-order valence-corrected chi connectivity index (χ2v) is 5.02. The molecule has 0 spiro atoms. The fraction of sp³-hybridized carbons (Fsp3) is 0.200. The Morgan fingerprint density at radius 3 is 2.32 bits per heavy atom. The second-order valence-electron chi connectivity index (χ2n) is 4.61. The molecule has 0 aromatic heterocycles. The van der Waals surface area contributed by atoms with Gasteiger partial charge in [0.05, 0.1) is 6.04 Å². The maximum absolute atomic E-state index is 13.8. The number of aryl methyl sites for hydroxylation is 2. The molecule has 1 atom stereocenters. The molecule has 2 aromatic rings. The van der Waals surface area contributed by atoms with Crippen LogP contribution in [-0.2, 0) is 0 Å². The molecule has 0 saturated carbocycles. The van der Waals surface area contributed by atoms with Crippen LogP contribution < -0.4 is 5.73 Å². The van der Waals surface area contributed by atoms with E-state index in [2.05, 4.69) is 0 Å². The molecule has 4 heteroatoms. The highest BCUT2D eigenvalue weighted by molar-refractivity contribution is 6.31. The Hall–Kier alpha value is -1.45. The van der Waals surface area contributed by atoms with Gasteiger partial charge in [0.1, 0.15) is 11.6 Å². The van der Waals surface area contributed by atoms with Gasteiger partial charge in [-0.3, -0.25) is 0 Å². The number of rotatable bonds is 2. The Morgan fingerprint density at radius 2 is 1.68 bits per heavy atom. The summed E-state index contributed by atoms with van der Waals surface area (Å²) in [6, 6.07) is 6.95. The molecule has 100 valence electrons. The monoisotopic (exact) mass is 281 g/mol. The van der Waals surface area contributed by atoms with Gasteiger partial charge in [-0.2, -0.15) is 0 Å². The smallest absolute Gasteiger partial charge is 0.131 e. The summed E-state index contributed by atoms with van der Waals surface area (Å²) < 4.78 is 27.0. The van der Waals surface area contributed by atoms with Crippen molar-refractivity contribution in [3.05, 3.63) is 69.2 Å². The summed E-state index contributed by atoms with van der Waals surface area (Å²) in [5, 5.41) is 0.631. The summed E-state index contributed by atoms with van der Waals surface area (Å²) in [7, 11) is 0. The van der Waals surface area contributed by atoms with E-state index in [1.807, 2.05) is 13.0 Å². The summed E-state index contributed by atoms with van der Waals surface area (Å²) in [5.74, 6) is -1.20. The van der Waals surface area contributed by atoms with Crippen molar-refractivity contribution in [1.82, 2.24) is 0 Å². The summed E-state index contributed by atoms with van der Waals surface area (Å²) in [4.78, 5) is 0. The topological polar surface area (TPSA) is 26.0 Å². The third kappa shape index (κ3) is 2.77. The standard InChI is InChI=1S/C15H14ClF2N/c1-8-5-10(3-4-12(8)16)15(19)11-6-9(2)13(17)7-14(11)18/h3-7,15H,19H2,1-2H3. The van der Waals surface area contributed by atoms with Crippen molar-refractivity contribution in [3.63, 3.8) is 0 Å². The molecular formula is C15H14ClF2N. The molecule has 1 unspecified atom stereocenters. The number of benzene rings is 2. The van der Waals surface area contributed by atoms with Crippen LogP contribution in [0.4, 0.5) is 8.78 Å². The molecule has 0 aliphatic carbocycles. The van der Waals surface area contributed by atoms with E-state index in [1.54, 1.807) is 19.1 Å². The summed E-state index contributed by atoms with van der Waals surface area (Å²) in [6.07, 6.45) is 0. The van der Waals surface area contributed by atoms with Crippen LogP contribution in [0.15, 0.2) is 30.3 Å². The fourth-order valence-corrected chi connectivity index (χ4v) is 2.08. The van der Waals surface area contributed by atoms with Crippen LogP contribution in [-0.4, -0.2) is 0 Å². The molecule has 0 radical (unpaired) electrons. The molecule has 2 aromatic carbocycles. The van der Waals surface area contributed by atoms with Crippen LogP contribution in [0, 0.1) is 25.5 Å². The van der Waals surface area contributed by atoms with Crippen molar-refractivity contribution in [2.24, 2.45) is 5.73 Å². The Labute approximate surface area is 116 Å². The van der Waals surface area contributed by atoms with Gasteiger partial charge in [-0.25, -0.2) is 8.78 Å². The maximum atomic E-state index is 13.8. The van der Waals surface area contributed by atoms with Gasteiger partial charge in [0.25, 0.3) is 0 Å². The minimum Gasteiger partial charge on any atom is -0.320 e. The molecule has 0 aliphatic rings. The lowest BCUT2D eigenvalue weighted by Gasteiger charge is -2.15. The van der Waals surface area contributed by atoms with E-state index in [0.29, 0.717) is 10.6 Å². The zero-order valence-corrected chi connectivity index (χ0v) is 11.4. The lowest BCUT2D eigenvalue weighted by molar-refractivity contribution is 0.561. The zero-order valence-electron chi connectivity index (χ0n) is 10.7. The summed E-state index contributed by atoms with van der Waals surface area (Å²) >= 11 is 5.94. The Balaban J connectivity index is 2.46. The Kier molecular flexibility index (Phi) is 3.88. The first-order valence-electron chi connectivity index (χ1n) is 5.87. The first-order chi connectivity index (χ1) is 8.90. The van der Waals surface area contributed by atoms with Gasteiger partial charge in [-0.05, 0) is 42.7 Å². The lowest BCUT2D eigenvalue weighted by Crippen LogP contribution is -2.14. The second kappa shape index (κ2) is 5.27. The predicted octanol–water partition coefficient (Wildman–Crippen LogP) is 4.28. The molecule has 19 heavy (non-hydrogen) atoms. The van der Waals surface area contributed by atoms with Crippen molar-refractivity contribution in [2.45, 2.75) is 19.9 Å². The lowest BCUT2D eigenvalue weighted by atomic mass is 9.96. The van der Waals surface area contributed by atoms with Gasteiger partial charge in [0.15, 0.2) is 0 Å². The summed E-state index contributed by atoms with van der Waals surface area (Å²) in [5.41, 5.74) is 8.31. The van der Waals surface area contributed by atoms with Crippen LogP contribution >= 0.6 is 11.6 Å². The maximum Gasteiger partial charge on any atom is 0.131 e. The molecule has 2 rings (SSSR count). The highest BCUT2D eigenvalue weighted by Crippen LogP contribution is 2.27. The first-order valence-corrected chi connectivity index (χ1v) is 6.25. The minimum absolute atomic E-state index is 0.278. The zero-order chi connectivity index (χ0) is 14.2. The van der Waals surface area contributed by atoms with E-state index >= 15 is 0 Å². The highest BCUT2D eigenvalue weighted by atomic mass is 35.5. The van der Waals surface area contributed by atoms with Crippen molar-refractivity contribution >= 4 is 11.6 Å². The van der Waals surface area contributed by atoms with E-state index in [9.17, 15) is 8.78 Å². The van der Waals surface area contributed by atoms with Gasteiger partial charge >= 0.3 is 0 Å². The van der Waals surface area contributed by atoms with Crippen LogP contribution in [0.1, 0.15) is 28.3 Å². The van der Waals surface area contributed by atoms with Crippen LogP contribution in [0.2, 0.25) is 5.02 Å². The molecule has 1 nitrogen and oxygen atoms in total. The van der Waals surface area contributed by atoms with Gasteiger partial charge < -0.3 is 5.73 Å². The van der Waals surface area contributed by atoms with Crippen molar-refractivity contribution in [3.8, 4) is 0 Å². The van der Waals surface area contributed by atoms with Gasteiger partial charge in [-0.15, -0.1) is 0 Å². The summed E-state index contributed by atoms with van der Waals surface area (Å²) in [6.45, 7) is 3.43. The molecule has 0 fully saturated rings. The largest absolute Gasteiger partial charge is 0.320 e. The van der Waals surface area contributed by atoms with Crippen molar-refractivity contribution in [2.75, 3.05) is 0 Å². The molecule has 0 amide bonds. The number of hydrogen-bond donors (Lipinski definition) is 1. The van der Waals surface area contributed by atoms with Gasteiger partial charge in [-0.1, -0.05) is 23.7 Å². The van der Waals surface area contributed by atoms with Crippen LogP contribution in [0.5, 0.6) is 0 Å². The van der Waals surface area contributed by atoms with Gasteiger partial charge in [0.2, 0.25) is 0 Å². The average molecular weight is 282 g/mol. The molecule has 0 bridgehead atoms. The minimum atomic E-state index is -0.643. The van der Waals surface area contributed by atoms with Gasteiger partial charge in [0, 0.05) is 16.7 Å². The normalized spacial score (nSPS) is 12.5. The molecule has 0 heterocycles. The predicted molar refractivity (Wildman–Crippen MR) is 73.3 cm³/mol. The SMILES string of the molecule is Cc1cc(C(N)c2ccc(Cl)c(C)c2)c(F)cc1F. The number of halogens is 3. The molecule has 0 saturated heterocycles. The quantitative estimate of drug-likeness (QED) is 0.873. The third-order valence-corrected chi connectivity index (χ3v) is 3.58. The fourth-order valence-electron chi connectivity index (χ4n) is 1.96. The molecule has 0 aliphatic heterocycles. The Bertz CT molecular complexity index is 626. The Morgan fingerprint density at radius 1 is 1.00 bits per heavy atom. The van der Waals surface area contributed by atoms with E-state index in [1.165, 1.54) is 6.07 Å². The van der Waals surface area contributed by atoms with E-state index in [-0.39, 0.29) is 5.56 Å². The molecular weight excluding hydrogens is 268 g/mol. The highest BCUT2D eigenvalue weighted by Gasteiger charge is 2.16. The van der Waals surface area contributed by atoms with E-state index in [0.717, 1.165) is 17.2 Å². The number of nitrogens with two attached hydrogens (primary N) is 1. The average Bonchev–Trinajstić information content (AvgIpc) is 2.36. The number of hydrogen-bond acceptors (Lipinski definition) is 1. The van der Waals surface area contributed by atoms with Crippen molar-refractivity contribution in [1.29, 1.82) is 0 Å². The molecule has 2 N–H and O–H groups in total. The van der Waals surface area contributed by atoms with Crippen LogP contribution in [0.25, 0.3) is 0 Å². The third-order valence-electron chi connectivity index (χ3n) is 3.15. The van der Waals surface area contributed by atoms with E-state index < -0.39 is 17.7 Å².